The van der Waals surface area contributed by atoms with Gasteiger partial charge in [-0.15, -0.1) is 11.8 Å². The van der Waals surface area contributed by atoms with Crippen molar-refractivity contribution in [3.8, 4) is 0 Å². The van der Waals surface area contributed by atoms with Crippen molar-refractivity contribution in [3.05, 3.63) is 47.5 Å². The number of hydrogen-bond acceptors (Lipinski definition) is 6. The van der Waals surface area contributed by atoms with Crippen molar-refractivity contribution in [1.29, 1.82) is 0 Å². The van der Waals surface area contributed by atoms with Crippen LogP contribution in [0.2, 0.25) is 0 Å². The monoisotopic (exact) mass is 545 g/mol. The molecule has 38 heavy (non-hydrogen) atoms. The number of carbonyl (C=O) groups is 3. The fourth-order valence-corrected chi connectivity index (χ4v) is 6.58. The van der Waals surface area contributed by atoms with Crippen LogP contribution in [0.5, 0.6) is 0 Å². The van der Waals surface area contributed by atoms with E-state index in [1.54, 1.807) is 43.6 Å². The Kier molecular flexibility index (Phi) is 10.7. The molecule has 2 amide bonds. The molecule has 0 saturated carbocycles. The lowest BCUT2D eigenvalue weighted by atomic mass is 9.84. The normalized spacial score (nSPS) is 21.6. The van der Waals surface area contributed by atoms with Crippen LogP contribution in [0.25, 0.3) is 0 Å². The average molecular weight is 546 g/mol. The van der Waals surface area contributed by atoms with Crippen LogP contribution >= 0.6 is 11.8 Å². The van der Waals surface area contributed by atoms with Crippen molar-refractivity contribution in [3.63, 3.8) is 0 Å². The standard InChI is InChI=1S/C30H47N3O4S/c1-12-37-28(36)20(4)18-22(19(2)3)32(10)26(35)23(29(5,6)7)31-25(34)24-30(8,9)38-27(33(24)11)21-16-14-13-15-17-21/h13-19,22-24,27H,12H2,1-11H3,(H,31,34)/b20-18+/t22?,23?,24?,27-/m1/s1. The van der Waals surface area contributed by atoms with E-state index >= 15 is 0 Å². The third-order valence-corrected chi connectivity index (χ3v) is 8.74. The number of nitrogens with one attached hydrogen (secondary N) is 1. The van der Waals surface area contributed by atoms with E-state index in [9.17, 15) is 14.4 Å². The SMILES string of the molecule is CCOC(=O)/C(C)=C/C(C(C)C)N(C)C(=O)C(NC(=O)C1N(C)[C@@H](c2ccccc2)SC1(C)C)C(C)(C)C. The molecule has 1 aliphatic rings. The van der Waals surface area contributed by atoms with E-state index in [0.717, 1.165) is 5.56 Å². The molecule has 0 spiro atoms. The fourth-order valence-electron chi connectivity index (χ4n) is 5.02. The van der Waals surface area contributed by atoms with Crippen LogP contribution < -0.4 is 5.32 Å². The van der Waals surface area contributed by atoms with Crippen LogP contribution in [0.15, 0.2) is 42.0 Å². The molecule has 1 aromatic carbocycles. The summed E-state index contributed by atoms with van der Waals surface area (Å²) in [5.74, 6) is -0.697. The summed E-state index contributed by atoms with van der Waals surface area (Å²) >= 11 is 1.76. The summed E-state index contributed by atoms with van der Waals surface area (Å²) in [6.45, 7) is 17.8. The second kappa shape index (κ2) is 12.7. The van der Waals surface area contributed by atoms with Gasteiger partial charge in [-0.05, 0) is 51.6 Å². The van der Waals surface area contributed by atoms with Gasteiger partial charge in [-0.2, -0.15) is 0 Å². The molecular formula is C30H47N3O4S. The molecule has 4 atom stereocenters. The molecule has 0 aliphatic carbocycles. The molecule has 212 valence electrons. The number of carbonyl (C=O) groups excluding carboxylic acids is 3. The molecular weight excluding hydrogens is 498 g/mol. The van der Waals surface area contributed by atoms with Crippen molar-refractivity contribution in [2.24, 2.45) is 11.3 Å². The van der Waals surface area contributed by atoms with Gasteiger partial charge in [0.25, 0.3) is 0 Å². The second-order valence-corrected chi connectivity index (χ2v) is 13.8. The van der Waals surface area contributed by atoms with Crippen molar-refractivity contribution >= 4 is 29.5 Å². The fraction of sp³-hybridized carbons (Fsp3) is 0.633. The Labute approximate surface area is 233 Å². The van der Waals surface area contributed by atoms with Crippen molar-refractivity contribution in [2.75, 3.05) is 20.7 Å². The van der Waals surface area contributed by atoms with E-state index in [0.29, 0.717) is 12.2 Å². The van der Waals surface area contributed by atoms with Crippen LogP contribution in [0.3, 0.4) is 0 Å². The summed E-state index contributed by atoms with van der Waals surface area (Å²) in [7, 11) is 3.71. The van der Waals surface area contributed by atoms with Gasteiger partial charge in [0, 0.05) is 17.4 Å². The van der Waals surface area contributed by atoms with Gasteiger partial charge in [0.05, 0.1) is 18.0 Å². The van der Waals surface area contributed by atoms with E-state index in [1.165, 1.54) is 0 Å². The van der Waals surface area contributed by atoms with Gasteiger partial charge in [-0.25, -0.2) is 4.79 Å². The highest BCUT2D eigenvalue weighted by Gasteiger charge is 2.51. The first kappa shape index (κ1) is 31.9. The molecule has 1 aliphatic heterocycles. The Morgan fingerprint density at radius 2 is 1.76 bits per heavy atom. The Morgan fingerprint density at radius 3 is 2.26 bits per heavy atom. The number of amides is 2. The average Bonchev–Trinajstić information content (AvgIpc) is 3.07. The third-order valence-electron chi connectivity index (χ3n) is 7.08. The molecule has 7 nitrogen and oxygen atoms in total. The quantitative estimate of drug-likeness (QED) is 0.346. The van der Waals surface area contributed by atoms with E-state index in [1.807, 2.05) is 59.9 Å². The maximum absolute atomic E-state index is 13.9. The highest BCUT2D eigenvalue weighted by Crippen LogP contribution is 2.51. The molecule has 3 unspecified atom stereocenters. The Hall–Kier alpha value is -2.32. The lowest BCUT2D eigenvalue weighted by Crippen LogP contribution is -2.60. The minimum Gasteiger partial charge on any atom is -0.463 e. The van der Waals surface area contributed by atoms with Gasteiger partial charge in [0.1, 0.15) is 12.1 Å². The summed E-state index contributed by atoms with van der Waals surface area (Å²) < 4.78 is 4.77. The number of rotatable bonds is 9. The van der Waals surface area contributed by atoms with E-state index in [-0.39, 0.29) is 33.9 Å². The number of hydrogen-bond donors (Lipinski definition) is 1. The largest absolute Gasteiger partial charge is 0.463 e. The number of benzene rings is 1. The van der Waals surface area contributed by atoms with Crippen LogP contribution in [0, 0.1) is 11.3 Å². The predicted molar refractivity (Wildman–Crippen MR) is 156 cm³/mol. The summed E-state index contributed by atoms with van der Waals surface area (Å²) in [6, 6.07) is 8.67. The Balaban J connectivity index is 2.33. The first-order valence-corrected chi connectivity index (χ1v) is 14.3. The van der Waals surface area contributed by atoms with Crippen molar-refractivity contribution < 1.29 is 19.1 Å². The molecule has 2 rings (SSSR count). The number of likely N-dealkylation sites (N-methyl/N-ethyl adjacent to an activating group) is 2. The summed E-state index contributed by atoms with van der Waals surface area (Å²) in [5.41, 5.74) is 1.07. The molecule has 0 radical (unpaired) electrons. The van der Waals surface area contributed by atoms with Gasteiger partial charge in [-0.1, -0.05) is 71.0 Å². The zero-order chi connectivity index (χ0) is 29.0. The topological polar surface area (TPSA) is 79.0 Å². The molecule has 1 saturated heterocycles. The van der Waals surface area contributed by atoms with Gasteiger partial charge < -0.3 is 15.0 Å². The molecule has 0 bridgehead atoms. The number of thioether (sulfide) groups is 1. The van der Waals surface area contributed by atoms with Gasteiger partial charge >= 0.3 is 5.97 Å². The lowest BCUT2D eigenvalue weighted by Gasteiger charge is -2.39. The highest BCUT2D eigenvalue weighted by atomic mass is 32.2. The maximum atomic E-state index is 13.9. The number of ether oxygens (including phenoxy) is 1. The summed E-state index contributed by atoms with van der Waals surface area (Å²) in [6.07, 6.45) is 1.79. The molecule has 8 heteroatoms. The van der Waals surface area contributed by atoms with E-state index in [4.69, 9.17) is 4.74 Å². The minimum absolute atomic E-state index is 0.0368. The van der Waals surface area contributed by atoms with Crippen LogP contribution in [0.4, 0.5) is 0 Å². The van der Waals surface area contributed by atoms with Crippen LogP contribution in [-0.4, -0.2) is 71.2 Å². The van der Waals surface area contributed by atoms with Crippen LogP contribution in [-0.2, 0) is 19.1 Å². The summed E-state index contributed by atoms with van der Waals surface area (Å²) in [5, 5.41) is 3.17. The third kappa shape index (κ3) is 7.41. The van der Waals surface area contributed by atoms with Gasteiger partial charge in [0.2, 0.25) is 11.8 Å². The second-order valence-electron chi connectivity index (χ2n) is 12.1. The molecule has 1 fully saturated rings. The zero-order valence-electron chi connectivity index (χ0n) is 25.0. The maximum Gasteiger partial charge on any atom is 0.333 e. The molecule has 1 N–H and O–H groups in total. The van der Waals surface area contributed by atoms with Gasteiger partial charge in [0.15, 0.2) is 0 Å². The first-order chi connectivity index (χ1) is 17.5. The summed E-state index contributed by atoms with van der Waals surface area (Å²) in [4.78, 5) is 43.8. The molecule has 0 aromatic heterocycles. The number of nitrogens with zero attached hydrogens (tertiary/aromatic N) is 2. The smallest absolute Gasteiger partial charge is 0.333 e. The van der Waals surface area contributed by atoms with E-state index in [2.05, 4.69) is 36.2 Å². The predicted octanol–water partition coefficient (Wildman–Crippen LogP) is 5.03. The van der Waals surface area contributed by atoms with Crippen molar-refractivity contribution in [1.82, 2.24) is 15.1 Å². The Bertz CT molecular complexity index is 1020. The first-order valence-electron chi connectivity index (χ1n) is 13.4. The minimum atomic E-state index is -0.748. The molecule has 1 aromatic rings. The van der Waals surface area contributed by atoms with Gasteiger partial charge in [-0.3, -0.25) is 14.5 Å². The molecule has 1 heterocycles. The van der Waals surface area contributed by atoms with E-state index < -0.39 is 23.5 Å². The van der Waals surface area contributed by atoms with Crippen molar-refractivity contribution in [2.45, 2.75) is 90.6 Å². The number of esters is 1. The van der Waals surface area contributed by atoms with Crippen LogP contribution in [0.1, 0.15) is 73.3 Å². The lowest BCUT2D eigenvalue weighted by molar-refractivity contribution is -0.141. The highest BCUT2D eigenvalue weighted by molar-refractivity contribution is 8.01. The Morgan fingerprint density at radius 1 is 1.18 bits per heavy atom. The zero-order valence-corrected chi connectivity index (χ0v) is 25.8.